The zero-order chi connectivity index (χ0) is 19.2. The summed E-state index contributed by atoms with van der Waals surface area (Å²) < 4.78 is 30.4. The van der Waals surface area contributed by atoms with Crippen LogP contribution in [-0.2, 0) is 11.2 Å². The highest BCUT2D eigenvalue weighted by molar-refractivity contribution is 7.99. The topological polar surface area (TPSA) is 51.2 Å². The number of alkyl halides is 2. The van der Waals surface area contributed by atoms with E-state index in [2.05, 4.69) is 10.3 Å². The quantitative estimate of drug-likeness (QED) is 0.540. The average Bonchev–Trinajstić information content (AvgIpc) is 3.11. The molecule has 0 spiro atoms. The Bertz CT molecular complexity index is 914. The summed E-state index contributed by atoms with van der Waals surface area (Å²) in [7, 11) is 1.60. The van der Waals surface area contributed by atoms with Gasteiger partial charge < -0.3 is 10.1 Å². The van der Waals surface area contributed by atoms with Crippen molar-refractivity contribution in [2.45, 2.75) is 17.1 Å². The molecule has 3 aromatic rings. The number of thiazole rings is 1. The van der Waals surface area contributed by atoms with Crippen molar-refractivity contribution in [3.05, 3.63) is 59.6 Å². The second-order valence-electron chi connectivity index (χ2n) is 5.47. The zero-order valence-electron chi connectivity index (χ0n) is 14.3. The number of methoxy groups -OCH3 is 1. The van der Waals surface area contributed by atoms with E-state index in [4.69, 9.17) is 4.74 Å². The molecule has 3 rings (SSSR count). The Morgan fingerprint density at radius 3 is 2.67 bits per heavy atom. The predicted octanol–water partition coefficient (Wildman–Crippen LogP) is 5.31. The molecule has 27 heavy (non-hydrogen) atoms. The molecule has 0 saturated carbocycles. The lowest BCUT2D eigenvalue weighted by Gasteiger charge is -2.09. The molecule has 0 atom stereocenters. The number of halogens is 2. The first-order valence-electron chi connectivity index (χ1n) is 7.97. The number of thioether (sulfide) groups is 1. The SMILES string of the molecule is COc1ccc(-c2nc(CC(=O)Nc3ccccc3SC(F)F)cs2)cc1. The molecule has 1 amide bonds. The molecule has 140 valence electrons. The van der Waals surface area contributed by atoms with Crippen molar-refractivity contribution >= 4 is 34.7 Å². The Morgan fingerprint density at radius 2 is 1.96 bits per heavy atom. The first kappa shape index (κ1) is 19.3. The fraction of sp³-hybridized carbons (Fsp3) is 0.158. The monoisotopic (exact) mass is 406 g/mol. The van der Waals surface area contributed by atoms with Crippen molar-refractivity contribution in [2.24, 2.45) is 0 Å². The van der Waals surface area contributed by atoms with Crippen LogP contribution in [0.5, 0.6) is 5.75 Å². The largest absolute Gasteiger partial charge is 0.497 e. The van der Waals surface area contributed by atoms with Crippen molar-refractivity contribution in [3.8, 4) is 16.3 Å². The van der Waals surface area contributed by atoms with Gasteiger partial charge in [-0.15, -0.1) is 11.3 Å². The lowest BCUT2D eigenvalue weighted by molar-refractivity contribution is -0.115. The summed E-state index contributed by atoms with van der Waals surface area (Å²) in [5, 5.41) is 5.30. The first-order chi connectivity index (χ1) is 13.0. The van der Waals surface area contributed by atoms with E-state index in [9.17, 15) is 13.6 Å². The Balaban J connectivity index is 1.66. The van der Waals surface area contributed by atoms with Crippen molar-refractivity contribution in [1.82, 2.24) is 4.98 Å². The summed E-state index contributed by atoms with van der Waals surface area (Å²) in [6.07, 6.45) is 0.0698. The van der Waals surface area contributed by atoms with E-state index < -0.39 is 5.76 Å². The molecule has 0 aliphatic carbocycles. The van der Waals surface area contributed by atoms with Gasteiger partial charge in [-0.05, 0) is 36.4 Å². The number of aromatic nitrogens is 1. The van der Waals surface area contributed by atoms with Crippen LogP contribution in [0, 0.1) is 0 Å². The van der Waals surface area contributed by atoms with Gasteiger partial charge in [-0.2, -0.15) is 8.78 Å². The molecule has 0 aliphatic heterocycles. The number of hydrogen-bond acceptors (Lipinski definition) is 5. The Kier molecular flexibility index (Phi) is 6.41. The van der Waals surface area contributed by atoms with E-state index in [1.54, 1.807) is 31.4 Å². The van der Waals surface area contributed by atoms with Crippen LogP contribution in [0.4, 0.5) is 14.5 Å². The van der Waals surface area contributed by atoms with E-state index in [1.807, 2.05) is 29.6 Å². The minimum absolute atomic E-state index is 0.0698. The number of para-hydroxylation sites is 1. The van der Waals surface area contributed by atoms with Crippen molar-refractivity contribution in [3.63, 3.8) is 0 Å². The number of anilines is 1. The molecule has 1 heterocycles. The summed E-state index contributed by atoms with van der Waals surface area (Å²) in [4.78, 5) is 17.1. The van der Waals surface area contributed by atoms with Crippen LogP contribution in [0.1, 0.15) is 5.69 Å². The molecule has 8 heteroatoms. The third-order valence-corrected chi connectivity index (χ3v) is 5.34. The van der Waals surface area contributed by atoms with E-state index in [0.717, 1.165) is 16.3 Å². The molecular formula is C19H16F2N2O2S2. The summed E-state index contributed by atoms with van der Waals surface area (Å²) >= 11 is 1.85. The number of ether oxygens (including phenoxy) is 1. The molecule has 1 N–H and O–H groups in total. The zero-order valence-corrected chi connectivity index (χ0v) is 15.9. The maximum absolute atomic E-state index is 12.6. The van der Waals surface area contributed by atoms with E-state index in [1.165, 1.54) is 11.3 Å². The summed E-state index contributed by atoms with van der Waals surface area (Å²) in [5.41, 5.74) is 1.94. The van der Waals surface area contributed by atoms with Crippen LogP contribution < -0.4 is 10.1 Å². The second-order valence-corrected chi connectivity index (χ2v) is 7.36. The Morgan fingerprint density at radius 1 is 1.22 bits per heavy atom. The van der Waals surface area contributed by atoms with E-state index >= 15 is 0 Å². The lowest BCUT2D eigenvalue weighted by Crippen LogP contribution is -2.15. The van der Waals surface area contributed by atoms with Gasteiger partial charge in [-0.25, -0.2) is 4.98 Å². The molecule has 0 radical (unpaired) electrons. The number of amides is 1. The molecule has 1 aromatic heterocycles. The highest BCUT2D eigenvalue weighted by atomic mass is 32.2. The number of rotatable bonds is 7. The molecule has 2 aromatic carbocycles. The normalized spacial score (nSPS) is 10.8. The molecule has 0 unspecified atom stereocenters. The van der Waals surface area contributed by atoms with Crippen LogP contribution in [0.3, 0.4) is 0 Å². The van der Waals surface area contributed by atoms with Gasteiger partial charge in [0, 0.05) is 15.8 Å². The summed E-state index contributed by atoms with van der Waals surface area (Å²) in [6, 6.07) is 14.0. The maximum atomic E-state index is 12.6. The smallest absolute Gasteiger partial charge is 0.288 e. The molecular weight excluding hydrogens is 390 g/mol. The fourth-order valence-corrected chi connectivity index (χ4v) is 3.80. The van der Waals surface area contributed by atoms with Crippen LogP contribution in [0.2, 0.25) is 0 Å². The Labute approximate surface area is 163 Å². The fourth-order valence-electron chi connectivity index (χ4n) is 2.38. The number of hydrogen-bond donors (Lipinski definition) is 1. The number of nitrogens with one attached hydrogen (secondary N) is 1. The minimum Gasteiger partial charge on any atom is -0.497 e. The second kappa shape index (κ2) is 8.96. The van der Waals surface area contributed by atoms with Crippen LogP contribution >= 0.6 is 23.1 Å². The highest BCUT2D eigenvalue weighted by Gasteiger charge is 2.13. The standard InChI is InChI=1S/C19H16F2N2O2S2/c1-25-14-8-6-12(7-9-14)18-22-13(11-26-18)10-17(24)23-15-4-2-3-5-16(15)27-19(20)21/h2-9,11,19H,10H2,1H3,(H,23,24). The lowest BCUT2D eigenvalue weighted by atomic mass is 10.2. The summed E-state index contributed by atoms with van der Waals surface area (Å²) in [6.45, 7) is 0. The van der Waals surface area contributed by atoms with Crippen LogP contribution in [0.25, 0.3) is 10.6 Å². The minimum atomic E-state index is -2.55. The van der Waals surface area contributed by atoms with Crippen molar-refractivity contribution < 1.29 is 18.3 Å². The van der Waals surface area contributed by atoms with Gasteiger partial charge in [0.1, 0.15) is 10.8 Å². The van der Waals surface area contributed by atoms with Gasteiger partial charge in [0.05, 0.1) is 24.9 Å². The van der Waals surface area contributed by atoms with E-state index in [0.29, 0.717) is 28.0 Å². The third-order valence-electron chi connectivity index (χ3n) is 3.61. The predicted molar refractivity (Wildman–Crippen MR) is 105 cm³/mol. The number of carbonyl (C=O) groups is 1. The van der Waals surface area contributed by atoms with Gasteiger partial charge in [0.2, 0.25) is 5.91 Å². The maximum Gasteiger partial charge on any atom is 0.288 e. The molecule has 0 fully saturated rings. The van der Waals surface area contributed by atoms with Gasteiger partial charge in [0.25, 0.3) is 5.76 Å². The molecule has 4 nitrogen and oxygen atoms in total. The summed E-state index contributed by atoms with van der Waals surface area (Å²) in [5.74, 6) is -2.09. The average molecular weight is 406 g/mol. The number of carbonyl (C=O) groups excluding carboxylic acids is 1. The van der Waals surface area contributed by atoms with E-state index in [-0.39, 0.29) is 12.3 Å². The van der Waals surface area contributed by atoms with Gasteiger partial charge in [-0.1, -0.05) is 23.9 Å². The van der Waals surface area contributed by atoms with Crippen LogP contribution in [0.15, 0.2) is 58.8 Å². The molecule has 0 saturated heterocycles. The van der Waals surface area contributed by atoms with Gasteiger partial charge in [0.15, 0.2) is 0 Å². The van der Waals surface area contributed by atoms with Crippen molar-refractivity contribution in [2.75, 3.05) is 12.4 Å². The molecule has 0 bridgehead atoms. The first-order valence-corrected chi connectivity index (χ1v) is 9.73. The number of nitrogens with zero attached hydrogens (tertiary/aromatic N) is 1. The van der Waals surface area contributed by atoms with Crippen molar-refractivity contribution in [1.29, 1.82) is 0 Å². The van der Waals surface area contributed by atoms with Gasteiger partial charge >= 0.3 is 0 Å². The number of benzene rings is 2. The Hall–Kier alpha value is -2.45. The third kappa shape index (κ3) is 5.27. The highest BCUT2D eigenvalue weighted by Crippen LogP contribution is 2.32. The van der Waals surface area contributed by atoms with Crippen LogP contribution in [-0.4, -0.2) is 23.8 Å². The van der Waals surface area contributed by atoms with Gasteiger partial charge in [-0.3, -0.25) is 4.79 Å². The molecule has 0 aliphatic rings.